The number of nitrogens with two attached hydrogens (primary N) is 1. The van der Waals surface area contributed by atoms with Crippen molar-refractivity contribution in [3.05, 3.63) is 35.9 Å². The summed E-state index contributed by atoms with van der Waals surface area (Å²) in [4.78, 5) is 17.2. The number of carbonyl (C=O) groups excluding carboxylic acids is 1. The number of piperazine rings is 1. The molecule has 1 aromatic carbocycles. The Hall–Kier alpha value is -1.46. The van der Waals surface area contributed by atoms with E-state index in [0.29, 0.717) is 6.42 Å². The summed E-state index contributed by atoms with van der Waals surface area (Å²) in [5.74, 6) is -0.347. The highest BCUT2D eigenvalue weighted by Crippen LogP contribution is 2.17. The Kier molecular flexibility index (Phi) is 5.31. The quantitative estimate of drug-likeness (QED) is 0.852. The average Bonchev–Trinajstić information content (AvgIpc) is 2.45. The summed E-state index contributed by atoms with van der Waals surface area (Å²) in [5.41, 5.74) is 6.93. The predicted octanol–water partition coefficient (Wildman–Crippen LogP) is 1.29. The van der Waals surface area contributed by atoms with Gasteiger partial charge in [-0.05, 0) is 26.0 Å². The number of carbonyl (C=O) groups is 1. The Morgan fingerprint density at radius 2 is 2.05 bits per heavy atom. The van der Waals surface area contributed by atoms with Crippen LogP contribution in [-0.2, 0) is 11.2 Å². The molecule has 0 aliphatic carbocycles. The SMILES string of the molecule is CC1CN(C)CCN1C(=O)C(Cc1ccccc1)C(N)=S. The highest BCUT2D eigenvalue weighted by molar-refractivity contribution is 7.80. The van der Waals surface area contributed by atoms with Crippen molar-refractivity contribution in [1.29, 1.82) is 0 Å². The zero-order chi connectivity index (χ0) is 15.4. The fourth-order valence-electron chi connectivity index (χ4n) is 2.83. The summed E-state index contributed by atoms with van der Waals surface area (Å²) in [6.45, 7) is 4.60. The van der Waals surface area contributed by atoms with Gasteiger partial charge in [0.1, 0.15) is 0 Å². The van der Waals surface area contributed by atoms with Gasteiger partial charge in [0.15, 0.2) is 0 Å². The van der Waals surface area contributed by atoms with E-state index in [1.54, 1.807) is 0 Å². The minimum absolute atomic E-state index is 0.0620. The lowest BCUT2D eigenvalue weighted by atomic mass is 9.96. The van der Waals surface area contributed by atoms with E-state index in [-0.39, 0.29) is 16.9 Å². The molecular weight excluding hydrogens is 282 g/mol. The Bertz CT molecular complexity index is 506. The molecule has 1 fully saturated rings. The van der Waals surface area contributed by atoms with Gasteiger partial charge in [0.25, 0.3) is 0 Å². The van der Waals surface area contributed by atoms with Crippen LogP contribution in [0, 0.1) is 5.92 Å². The monoisotopic (exact) mass is 305 g/mol. The van der Waals surface area contributed by atoms with E-state index in [1.165, 1.54) is 0 Å². The van der Waals surface area contributed by atoms with Crippen molar-refractivity contribution in [3.8, 4) is 0 Å². The van der Waals surface area contributed by atoms with Gasteiger partial charge < -0.3 is 15.5 Å². The van der Waals surface area contributed by atoms with E-state index < -0.39 is 5.92 Å². The first-order chi connectivity index (χ1) is 9.99. The first-order valence-corrected chi connectivity index (χ1v) is 7.72. The van der Waals surface area contributed by atoms with Crippen molar-refractivity contribution in [2.75, 3.05) is 26.7 Å². The Morgan fingerprint density at radius 1 is 1.38 bits per heavy atom. The highest BCUT2D eigenvalue weighted by atomic mass is 32.1. The number of likely N-dealkylation sites (N-methyl/N-ethyl adjacent to an activating group) is 1. The number of hydrogen-bond donors (Lipinski definition) is 1. The first kappa shape index (κ1) is 15.9. The van der Waals surface area contributed by atoms with E-state index >= 15 is 0 Å². The van der Waals surface area contributed by atoms with Gasteiger partial charge in [-0.15, -0.1) is 0 Å². The van der Waals surface area contributed by atoms with Crippen LogP contribution in [0.3, 0.4) is 0 Å². The van der Waals surface area contributed by atoms with Gasteiger partial charge in [0.2, 0.25) is 5.91 Å². The summed E-state index contributed by atoms with van der Waals surface area (Å²) in [5, 5.41) is 0. The van der Waals surface area contributed by atoms with Crippen LogP contribution in [0.15, 0.2) is 30.3 Å². The molecule has 1 saturated heterocycles. The van der Waals surface area contributed by atoms with Gasteiger partial charge in [-0.25, -0.2) is 0 Å². The zero-order valence-corrected chi connectivity index (χ0v) is 13.5. The molecule has 2 atom stereocenters. The van der Waals surface area contributed by atoms with Crippen LogP contribution in [-0.4, -0.2) is 53.4 Å². The van der Waals surface area contributed by atoms with E-state index in [2.05, 4.69) is 18.9 Å². The fourth-order valence-corrected chi connectivity index (χ4v) is 3.01. The van der Waals surface area contributed by atoms with Gasteiger partial charge >= 0.3 is 0 Å². The molecule has 0 bridgehead atoms. The minimum atomic E-state index is -0.409. The molecule has 1 aliphatic rings. The second-order valence-corrected chi connectivity index (χ2v) is 6.26. The number of thiocarbonyl (C=S) groups is 1. The van der Waals surface area contributed by atoms with Crippen molar-refractivity contribution in [2.24, 2.45) is 11.7 Å². The van der Waals surface area contributed by atoms with Crippen LogP contribution in [0.5, 0.6) is 0 Å². The van der Waals surface area contributed by atoms with E-state index in [1.807, 2.05) is 35.2 Å². The van der Waals surface area contributed by atoms with Gasteiger partial charge in [0, 0.05) is 25.7 Å². The molecule has 1 aromatic rings. The van der Waals surface area contributed by atoms with Crippen molar-refractivity contribution >= 4 is 23.1 Å². The molecular formula is C16H23N3OS. The van der Waals surface area contributed by atoms with Gasteiger partial charge in [-0.3, -0.25) is 4.79 Å². The molecule has 2 unspecified atom stereocenters. The summed E-state index contributed by atoms with van der Waals surface area (Å²) >= 11 is 5.14. The standard InChI is InChI=1S/C16H23N3OS/c1-12-11-18(2)8-9-19(12)16(20)14(15(17)21)10-13-6-4-3-5-7-13/h3-7,12,14H,8-11H2,1-2H3,(H2,17,21). The Morgan fingerprint density at radius 3 is 2.62 bits per heavy atom. The maximum Gasteiger partial charge on any atom is 0.233 e. The lowest BCUT2D eigenvalue weighted by Crippen LogP contribution is -2.55. The number of amides is 1. The van der Waals surface area contributed by atoms with E-state index in [9.17, 15) is 4.79 Å². The highest BCUT2D eigenvalue weighted by Gasteiger charge is 2.32. The lowest BCUT2D eigenvalue weighted by Gasteiger charge is -2.39. The normalized spacial score (nSPS) is 21.0. The summed E-state index contributed by atoms with van der Waals surface area (Å²) in [7, 11) is 2.08. The van der Waals surface area contributed by atoms with Gasteiger partial charge in [-0.1, -0.05) is 42.5 Å². The maximum absolute atomic E-state index is 12.8. The molecule has 0 saturated carbocycles. The molecule has 2 rings (SSSR count). The van der Waals surface area contributed by atoms with Crippen molar-refractivity contribution in [1.82, 2.24) is 9.80 Å². The molecule has 4 nitrogen and oxygen atoms in total. The van der Waals surface area contributed by atoms with Crippen LogP contribution < -0.4 is 5.73 Å². The largest absolute Gasteiger partial charge is 0.393 e. The lowest BCUT2D eigenvalue weighted by molar-refractivity contribution is -0.137. The van der Waals surface area contributed by atoms with Crippen molar-refractivity contribution < 1.29 is 4.79 Å². The zero-order valence-electron chi connectivity index (χ0n) is 12.7. The molecule has 0 aromatic heterocycles. The third-order valence-corrected chi connectivity index (χ3v) is 4.32. The van der Waals surface area contributed by atoms with Crippen molar-refractivity contribution in [2.45, 2.75) is 19.4 Å². The molecule has 21 heavy (non-hydrogen) atoms. The summed E-state index contributed by atoms with van der Waals surface area (Å²) in [6, 6.07) is 10.1. The first-order valence-electron chi connectivity index (χ1n) is 7.31. The maximum atomic E-state index is 12.8. The van der Waals surface area contributed by atoms with Gasteiger partial charge in [0.05, 0.1) is 10.9 Å². The Balaban J connectivity index is 2.11. The molecule has 1 aliphatic heterocycles. The van der Waals surface area contributed by atoms with Crippen LogP contribution in [0.25, 0.3) is 0 Å². The fraction of sp³-hybridized carbons (Fsp3) is 0.500. The summed E-state index contributed by atoms with van der Waals surface area (Å²) < 4.78 is 0. The number of nitrogens with zero attached hydrogens (tertiary/aromatic N) is 2. The molecule has 5 heteroatoms. The van der Waals surface area contributed by atoms with Crippen molar-refractivity contribution in [3.63, 3.8) is 0 Å². The molecule has 1 amide bonds. The van der Waals surface area contributed by atoms with Crippen LogP contribution >= 0.6 is 12.2 Å². The van der Waals surface area contributed by atoms with Crippen LogP contribution in [0.2, 0.25) is 0 Å². The second-order valence-electron chi connectivity index (χ2n) is 5.79. The van der Waals surface area contributed by atoms with E-state index in [4.69, 9.17) is 18.0 Å². The number of rotatable bonds is 4. The molecule has 0 radical (unpaired) electrons. The second kappa shape index (κ2) is 7.00. The van der Waals surface area contributed by atoms with E-state index in [0.717, 1.165) is 25.2 Å². The molecule has 114 valence electrons. The molecule has 0 spiro atoms. The van der Waals surface area contributed by atoms with Gasteiger partial charge in [-0.2, -0.15) is 0 Å². The smallest absolute Gasteiger partial charge is 0.233 e. The Labute approximate surface area is 131 Å². The average molecular weight is 305 g/mol. The third kappa shape index (κ3) is 4.02. The topological polar surface area (TPSA) is 49.6 Å². The summed E-state index contributed by atoms with van der Waals surface area (Å²) in [6.07, 6.45) is 0.577. The number of hydrogen-bond acceptors (Lipinski definition) is 3. The minimum Gasteiger partial charge on any atom is -0.393 e. The third-order valence-electron chi connectivity index (χ3n) is 4.04. The molecule has 1 heterocycles. The van der Waals surface area contributed by atoms with Crippen LogP contribution in [0.4, 0.5) is 0 Å². The van der Waals surface area contributed by atoms with Crippen LogP contribution in [0.1, 0.15) is 12.5 Å². The predicted molar refractivity (Wildman–Crippen MR) is 89.1 cm³/mol. The number of benzene rings is 1. The molecule has 2 N–H and O–H groups in total.